The first kappa shape index (κ1) is 14.5. The molecule has 0 aliphatic heterocycles. The summed E-state index contributed by atoms with van der Waals surface area (Å²) in [5, 5.41) is -0.0204. The van der Waals surface area contributed by atoms with Crippen molar-refractivity contribution in [2.75, 3.05) is 4.72 Å². The molecule has 106 valence electrons. The van der Waals surface area contributed by atoms with E-state index in [1.807, 2.05) is 19.9 Å². The van der Waals surface area contributed by atoms with Crippen molar-refractivity contribution in [2.45, 2.75) is 25.4 Å². The number of rotatable bonds is 4. The molecule has 3 N–H and O–H groups in total. The predicted octanol–water partition coefficient (Wildman–Crippen LogP) is 1.96. The Bertz CT molecular complexity index is 710. The number of nitrogens with zero attached hydrogens (tertiary/aromatic N) is 1. The molecule has 1 heterocycles. The van der Waals surface area contributed by atoms with Crippen LogP contribution < -0.4 is 10.5 Å². The zero-order valence-electron chi connectivity index (χ0n) is 11.4. The van der Waals surface area contributed by atoms with Crippen molar-refractivity contribution in [2.24, 2.45) is 5.73 Å². The second-order valence-corrected chi connectivity index (χ2v) is 6.24. The fraction of sp³-hybridized carbons (Fsp3) is 0.214. The lowest BCUT2D eigenvalue weighted by atomic mass is 10.1. The van der Waals surface area contributed by atoms with Gasteiger partial charge >= 0.3 is 0 Å². The summed E-state index contributed by atoms with van der Waals surface area (Å²) in [5.41, 5.74) is 8.91. The topological polar surface area (TPSA) is 85.1 Å². The second-order valence-electron chi connectivity index (χ2n) is 4.61. The van der Waals surface area contributed by atoms with E-state index >= 15 is 0 Å². The Morgan fingerprint density at radius 2 is 1.90 bits per heavy atom. The van der Waals surface area contributed by atoms with Gasteiger partial charge in [-0.15, -0.1) is 0 Å². The Kier molecular flexibility index (Phi) is 4.06. The van der Waals surface area contributed by atoms with Crippen LogP contribution in [0.4, 0.5) is 5.69 Å². The lowest BCUT2D eigenvalue weighted by Gasteiger charge is -2.09. The van der Waals surface area contributed by atoms with Crippen LogP contribution in [-0.2, 0) is 16.6 Å². The molecular formula is C14H17N3O2S. The third-order valence-corrected chi connectivity index (χ3v) is 4.36. The standard InChI is InChI=1S/C14H17N3O2S/c1-10-3-5-13(7-11(10)2)17-20(18,19)14-6-4-12(8-15)9-16-14/h3-7,9,17H,8,15H2,1-2H3. The summed E-state index contributed by atoms with van der Waals surface area (Å²) < 4.78 is 26.9. The van der Waals surface area contributed by atoms with Gasteiger partial charge in [-0.25, -0.2) is 4.98 Å². The number of anilines is 1. The van der Waals surface area contributed by atoms with Gasteiger partial charge < -0.3 is 5.73 Å². The lowest BCUT2D eigenvalue weighted by Crippen LogP contribution is -2.15. The van der Waals surface area contributed by atoms with Crippen LogP contribution in [0, 0.1) is 13.8 Å². The van der Waals surface area contributed by atoms with E-state index in [1.165, 1.54) is 12.3 Å². The molecule has 2 rings (SSSR count). The summed E-state index contributed by atoms with van der Waals surface area (Å²) in [4.78, 5) is 3.93. The van der Waals surface area contributed by atoms with Gasteiger partial charge in [-0.2, -0.15) is 8.42 Å². The minimum Gasteiger partial charge on any atom is -0.326 e. The van der Waals surface area contributed by atoms with E-state index in [9.17, 15) is 8.42 Å². The van der Waals surface area contributed by atoms with Gasteiger partial charge in [0.05, 0.1) is 0 Å². The molecular weight excluding hydrogens is 274 g/mol. The average Bonchev–Trinajstić information content (AvgIpc) is 2.43. The Labute approximate surface area is 118 Å². The maximum absolute atomic E-state index is 12.2. The fourth-order valence-electron chi connectivity index (χ4n) is 1.70. The lowest BCUT2D eigenvalue weighted by molar-refractivity contribution is 0.597. The molecule has 0 saturated carbocycles. The fourth-order valence-corrected chi connectivity index (χ4v) is 2.68. The first-order valence-corrected chi connectivity index (χ1v) is 7.66. The van der Waals surface area contributed by atoms with E-state index in [1.54, 1.807) is 18.2 Å². The van der Waals surface area contributed by atoms with Crippen molar-refractivity contribution in [1.29, 1.82) is 0 Å². The monoisotopic (exact) mass is 291 g/mol. The van der Waals surface area contributed by atoms with Crippen LogP contribution in [0.2, 0.25) is 0 Å². The third-order valence-electron chi connectivity index (χ3n) is 3.07. The molecule has 0 saturated heterocycles. The summed E-state index contributed by atoms with van der Waals surface area (Å²) in [5.74, 6) is 0. The van der Waals surface area contributed by atoms with E-state index < -0.39 is 10.0 Å². The minimum atomic E-state index is -3.67. The van der Waals surface area contributed by atoms with Crippen LogP contribution in [0.5, 0.6) is 0 Å². The van der Waals surface area contributed by atoms with Crippen molar-refractivity contribution in [3.8, 4) is 0 Å². The highest BCUT2D eigenvalue weighted by molar-refractivity contribution is 7.92. The van der Waals surface area contributed by atoms with Crippen LogP contribution in [0.3, 0.4) is 0 Å². The number of aryl methyl sites for hydroxylation is 2. The Balaban J connectivity index is 2.27. The van der Waals surface area contributed by atoms with Crippen LogP contribution in [-0.4, -0.2) is 13.4 Å². The molecule has 1 aromatic heterocycles. The van der Waals surface area contributed by atoms with E-state index in [2.05, 4.69) is 9.71 Å². The highest BCUT2D eigenvalue weighted by atomic mass is 32.2. The Morgan fingerprint density at radius 3 is 2.45 bits per heavy atom. The number of nitrogens with one attached hydrogen (secondary N) is 1. The summed E-state index contributed by atoms with van der Waals surface area (Å²) in [6, 6.07) is 8.50. The summed E-state index contributed by atoms with van der Waals surface area (Å²) in [7, 11) is -3.67. The number of aromatic nitrogens is 1. The van der Waals surface area contributed by atoms with Crippen molar-refractivity contribution in [3.05, 3.63) is 53.2 Å². The summed E-state index contributed by atoms with van der Waals surface area (Å²) in [6.45, 7) is 4.24. The van der Waals surface area contributed by atoms with Crippen LogP contribution in [0.25, 0.3) is 0 Å². The van der Waals surface area contributed by atoms with Gasteiger partial charge in [0.25, 0.3) is 10.0 Å². The number of pyridine rings is 1. The maximum atomic E-state index is 12.2. The molecule has 1 aromatic carbocycles. The molecule has 0 atom stereocenters. The van der Waals surface area contributed by atoms with Gasteiger partial charge in [0.1, 0.15) is 0 Å². The maximum Gasteiger partial charge on any atom is 0.279 e. The highest BCUT2D eigenvalue weighted by Crippen LogP contribution is 2.18. The highest BCUT2D eigenvalue weighted by Gasteiger charge is 2.15. The third kappa shape index (κ3) is 3.15. The van der Waals surface area contributed by atoms with E-state index in [0.717, 1.165) is 16.7 Å². The van der Waals surface area contributed by atoms with Gasteiger partial charge in [-0.05, 0) is 48.7 Å². The SMILES string of the molecule is Cc1ccc(NS(=O)(=O)c2ccc(CN)cn2)cc1C. The quantitative estimate of drug-likeness (QED) is 0.901. The average molecular weight is 291 g/mol. The molecule has 20 heavy (non-hydrogen) atoms. The molecule has 0 unspecified atom stereocenters. The van der Waals surface area contributed by atoms with Gasteiger partial charge in [0, 0.05) is 18.4 Å². The smallest absolute Gasteiger partial charge is 0.279 e. The number of hydrogen-bond acceptors (Lipinski definition) is 4. The summed E-state index contributed by atoms with van der Waals surface area (Å²) >= 11 is 0. The largest absolute Gasteiger partial charge is 0.326 e. The molecule has 0 spiro atoms. The van der Waals surface area contributed by atoms with Gasteiger partial charge in [0.2, 0.25) is 0 Å². The molecule has 0 amide bonds. The molecule has 6 heteroatoms. The molecule has 0 radical (unpaired) electrons. The van der Waals surface area contributed by atoms with Crippen LogP contribution in [0.1, 0.15) is 16.7 Å². The van der Waals surface area contributed by atoms with Crippen molar-refractivity contribution < 1.29 is 8.42 Å². The van der Waals surface area contributed by atoms with Gasteiger partial charge in [-0.1, -0.05) is 12.1 Å². The first-order chi connectivity index (χ1) is 9.42. The molecule has 5 nitrogen and oxygen atoms in total. The molecule has 0 fully saturated rings. The predicted molar refractivity (Wildman–Crippen MR) is 78.9 cm³/mol. The number of nitrogens with two attached hydrogens (primary N) is 1. The first-order valence-electron chi connectivity index (χ1n) is 6.17. The van der Waals surface area contributed by atoms with Gasteiger partial charge in [0.15, 0.2) is 5.03 Å². The normalized spacial score (nSPS) is 11.3. The van der Waals surface area contributed by atoms with Crippen LogP contribution >= 0.6 is 0 Å². The number of sulfonamides is 1. The molecule has 0 aliphatic rings. The Morgan fingerprint density at radius 1 is 1.15 bits per heavy atom. The van der Waals surface area contributed by atoms with E-state index in [0.29, 0.717) is 12.2 Å². The minimum absolute atomic E-state index is 0.0204. The van der Waals surface area contributed by atoms with Gasteiger partial charge in [-0.3, -0.25) is 4.72 Å². The van der Waals surface area contributed by atoms with Crippen LogP contribution in [0.15, 0.2) is 41.6 Å². The second kappa shape index (κ2) is 5.60. The summed E-state index contributed by atoms with van der Waals surface area (Å²) in [6.07, 6.45) is 1.47. The van der Waals surface area contributed by atoms with E-state index in [4.69, 9.17) is 5.73 Å². The Hall–Kier alpha value is -1.92. The van der Waals surface area contributed by atoms with Crippen molar-refractivity contribution in [3.63, 3.8) is 0 Å². The van der Waals surface area contributed by atoms with Crippen molar-refractivity contribution >= 4 is 15.7 Å². The number of benzene rings is 1. The van der Waals surface area contributed by atoms with E-state index in [-0.39, 0.29) is 5.03 Å². The zero-order valence-corrected chi connectivity index (χ0v) is 12.2. The number of hydrogen-bond donors (Lipinski definition) is 2. The molecule has 2 aromatic rings. The zero-order chi connectivity index (χ0) is 14.8. The molecule has 0 aliphatic carbocycles. The molecule has 0 bridgehead atoms. The van der Waals surface area contributed by atoms with Crippen molar-refractivity contribution in [1.82, 2.24) is 4.98 Å².